The summed E-state index contributed by atoms with van der Waals surface area (Å²) >= 11 is 0. The zero-order chi connectivity index (χ0) is 13.8. The fourth-order valence-corrected chi connectivity index (χ4v) is 1.91. The standard InChI is InChI=1S/C16H18FNO/c1-3-15(18)13-6-4-5-7-16(13)19-12-8-9-14(17)11(2)10-12/h4-10,15H,3,18H2,1-2H3/t15-/m1/s1. The van der Waals surface area contributed by atoms with E-state index in [4.69, 9.17) is 10.5 Å². The number of benzene rings is 2. The van der Waals surface area contributed by atoms with E-state index in [-0.39, 0.29) is 11.9 Å². The zero-order valence-electron chi connectivity index (χ0n) is 11.2. The van der Waals surface area contributed by atoms with Crippen LogP contribution in [0.25, 0.3) is 0 Å². The van der Waals surface area contributed by atoms with Crippen LogP contribution < -0.4 is 10.5 Å². The predicted octanol–water partition coefficient (Wildman–Crippen LogP) is 4.34. The SMILES string of the molecule is CC[C@@H](N)c1ccccc1Oc1ccc(F)c(C)c1. The Balaban J connectivity index is 2.30. The van der Waals surface area contributed by atoms with Crippen LogP contribution in [0.5, 0.6) is 11.5 Å². The van der Waals surface area contributed by atoms with Gasteiger partial charge in [0.15, 0.2) is 0 Å². The van der Waals surface area contributed by atoms with E-state index in [9.17, 15) is 4.39 Å². The second kappa shape index (κ2) is 5.85. The number of nitrogens with two attached hydrogens (primary N) is 1. The molecule has 0 aromatic heterocycles. The van der Waals surface area contributed by atoms with Crippen molar-refractivity contribution in [1.82, 2.24) is 0 Å². The molecule has 0 fully saturated rings. The molecule has 0 radical (unpaired) electrons. The fraction of sp³-hybridized carbons (Fsp3) is 0.250. The number of hydrogen-bond donors (Lipinski definition) is 1. The summed E-state index contributed by atoms with van der Waals surface area (Å²) in [5.74, 6) is 1.11. The van der Waals surface area contributed by atoms with Gasteiger partial charge in [0.05, 0.1) is 0 Å². The molecule has 19 heavy (non-hydrogen) atoms. The summed E-state index contributed by atoms with van der Waals surface area (Å²) in [5, 5.41) is 0. The van der Waals surface area contributed by atoms with Crippen molar-refractivity contribution < 1.29 is 9.13 Å². The van der Waals surface area contributed by atoms with Crippen LogP contribution in [0.3, 0.4) is 0 Å². The van der Waals surface area contributed by atoms with Crippen molar-refractivity contribution in [2.75, 3.05) is 0 Å². The first-order chi connectivity index (χ1) is 9.11. The average Bonchev–Trinajstić information content (AvgIpc) is 2.43. The Morgan fingerprint density at radius 3 is 2.63 bits per heavy atom. The molecule has 0 bridgehead atoms. The molecule has 2 aromatic carbocycles. The van der Waals surface area contributed by atoms with E-state index in [1.54, 1.807) is 19.1 Å². The van der Waals surface area contributed by atoms with Crippen molar-refractivity contribution in [1.29, 1.82) is 0 Å². The minimum Gasteiger partial charge on any atom is -0.457 e. The lowest BCUT2D eigenvalue weighted by atomic mass is 10.0. The Kier molecular flexibility index (Phi) is 4.17. The maximum Gasteiger partial charge on any atom is 0.132 e. The normalized spacial score (nSPS) is 12.2. The Bertz CT molecular complexity index is 568. The second-order valence-corrected chi connectivity index (χ2v) is 4.57. The van der Waals surface area contributed by atoms with E-state index in [1.165, 1.54) is 6.07 Å². The summed E-state index contributed by atoms with van der Waals surface area (Å²) in [6, 6.07) is 12.3. The summed E-state index contributed by atoms with van der Waals surface area (Å²) in [4.78, 5) is 0. The molecule has 0 aliphatic rings. The molecule has 0 amide bonds. The monoisotopic (exact) mass is 259 g/mol. The van der Waals surface area contributed by atoms with Crippen molar-refractivity contribution in [3.63, 3.8) is 0 Å². The van der Waals surface area contributed by atoms with Crippen LogP contribution in [0.15, 0.2) is 42.5 Å². The molecular formula is C16H18FNO. The van der Waals surface area contributed by atoms with E-state index in [0.717, 1.165) is 17.7 Å². The van der Waals surface area contributed by atoms with Crippen LogP contribution in [0.2, 0.25) is 0 Å². The van der Waals surface area contributed by atoms with Gasteiger partial charge in [-0.2, -0.15) is 0 Å². The number of para-hydroxylation sites is 1. The highest BCUT2D eigenvalue weighted by Gasteiger charge is 2.11. The van der Waals surface area contributed by atoms with Gasteiger partial charge in [-0.15, -0.1) is 0 Å². The molecule has 2 N–H and O–H groups in total. The van der Waals surface area contributed by atoms with Gasteiger partial charge in [-0.25, -0.2) is 4.39 Å². The van der Waals surface area contributed by atoms with Gasteiger partial charge < -0.3 is 10.5 Å². The zero-order valence-corrected chi connectivity index (χ0v) is 11.2. The van der Waals surface area contributed by atoms with Crippen molar-refractivity contribution in [3.05, 3.63) is 59.4 Å². The first-order valence-electron chi connectivity index (χ1n) is 6.40. The van der Waals surface area contributed by atoms with Gasteiger partial charge in [0.2, 0.25) is 0 Å². The smallest absolute Gasteiger partial charge is 0.132 e. The molecule has 2 rings (SSSR count). The van der Waals surface area contributed by atoms with Crippen molar-refractivity contribution >= 4 is 0 Å². The maximum absolute atomic E-state index is 13.2. The minimum absolute atomic E-state index is 0.0576. The van der Waals surface area contributed by atoms with E-state index in [1.807, 2.05) is 31.2 Å². The first-order valence-corrected chi connectivity index (χ1v) is 6.40. The van der Waals surface area contributed by atoms with Gasteiger partial charge in [-0.3, -0.25) is 0 Å². The number of rotatable bonds is 4. The number of hydrogen-bond acceptors (Lipinski definition) is 2. The van der Waals surface area contributed by atoms with Crippen molar-refractivity contribution in [2.45, 2.75) is 26.3 Å². The molecule has 0 aliphatic carbocycles. The summed E-state index contributed by atoms with van der Waals surface area (Å²) in [5.41, 5.74) is 7.59. The summed E-state index contributed by atoms with van der Waals surface area (Å²) in [6.45, 7) is 3.75. The second-order valence-electron chi connectivity index (χ2n) is 4.57. The summed E-state index contributed by atoms with van der Waals surface area (Å²) in [6.07, 6.45) is 0.836. The van der Waals surface area contributed by atoms with Gasteiger partial charge in [-0.1, -0.05) is 25.1 Å². The minimum atomic E-state index is -0.231. The van der Waals surface area contributed by atoms with Crippen LogP contribution in [0.1, 0.15) is 30.5 Å². The first kappa shape index (κ1) is 13.6. The van der Waals surface area contributed by atoms with Gasteiger partial charge in [-0.05, 0) is 43.2 Å². The van der Waals surface area contributed by atoms with Gasteiger partial charge in [0.1, 0.15) is 17.3 Å². The molecule has 100 valence electrons. The lowest BCUT2D eigenvalue weighted by Crippen LogP contribution is -2.09. The van der Waals surface area contributed by atoms with Gasteiger partial charge >= 0.3 is 0 Å². The Morgan fingerprint density at radius 2 is 1.95 bits per heavy atom. The maximum atomic E-state index is 13.2. The average molecular weight is 259 g/mol. The third kappa shape index (κ3) is 3.12. The number of aryl methyl sites for hydroxylation is 1. The fourth-order valence-electron chi connectivity index (χ4n) is 1.91. The van der Waals surface area contributed by atoms with E-state index in [2.05, 4.69) is 0 Å². The van der Waals surface area contributed by atoms with Crippen LogP contribution in [-0.4, -0.2) is 0 Å². The molecule has 0 heterocycles. The molecule has 2 aromatic rings. The summed E-state index contributed by atoms with van der Waals surface area (Å²) < 4.78 is 19.0. The van der Waals surface area contributed by atoms with E-state index < -0.39 is 0 Å². The third-order valence-corrected chi connectivity index (χ3v) is 3.12. The number of halogens is 1. The molecular weight excluding hydrogens is 241 g/mol. The molecule has 2 nitrogen and oxygen atoms in total. The highest BCUT2D eigenvalue weighted by atomic mass is 19.1. The van der Waals surface area contributed by atoms with Crippen LogP contribution in [0, 0.1) is 12.7 Å². The van der Waals surface area contributed by atoms with Gasteiger partial charge in [0.25, 0.3) is 0 Å². The highest BCUT2D eigenvalue weighted by molar-refractivity contribution is 5.40. The lowest BCUT2D eigenvalue weighted by molar-refractivity contribution is 0.466. The Morgan fingerprint density at radius 1 is 1.21 bits per heavy atom. The number of ether oxygens (including phenoxy) is 1. The van der Waals surface area contributed by atoms with E-state index in [0.29, 0.717) is 11.3 Å². The van der Waals surface area contributed by atoms with Crippen LogP contribution >= 0.6 is 0 Å². The van der Waals surface area contributed by atoms with E-state index >= 15 is 0 Å². The van der Waals surface area contributed by atoms with Crippen LogP contribution in [-0.2, 0) is 0 Å². The molecule has 0 unspecified atom stereocenters. The molecule has 1 atom stereocenters. The van der Waals surface area contributed by atoms with Crippen molar-refractivity contribution in [2.24, 2.45) is 5.73 Å². The molecule has 3 heteroatoms. The predicted molar refractivity (Wildman–Crippen MR) is 74.9 cm³/mol. The Labute approximate surface area is 113 Å². The van der Waals surface area contributed by atoms with Crippen LogP contribution in [0.4, 0.5) is 4.39 Å². The highest BCUT2D eigenvalue weighted by Crippen LogP contribution is 2.30. The lowest BCUT2D eigenvalue weighted by Gasteiger charge is -2.15. The largest absolute Gasteiger partial charge is 0.457 e. The Hall–Kier alpha value is -1.87. The molecule has 0 saturated carbocycles. The molecule has 0 saturated heterocycles. The molecule has 0 spiro atoms. The van der Waals surface area contributed by atoms with Crippen molar-refractivity contribution in [3.8, 4) is 11.5 Å². The van der Waals surface area contributed by atoms with Gasteiger partial charge in [0, 0.05) is 11.6 Å². The molecule has 0 aliphatic heterocycles. The topological polar surface area (TPSA) is 35.2 Å². The summed E-state index contributed by atoms with van der Waals surface area (Å²) in [7, 11) is 0. The quantitative estimate of drug-likeness (QED) is 0.886. The third-order valence-electron chi connectivity index (χ3n) is 3.12.